The Bertz CT molecular complexity index is 727. The Morgan fingerprint density at radius 3 is 2.67 bits per heavy atom. The molecule has 7 heteroatoms. The number of rotatable bonds is 4. The number of aromatic carboxylic acids is 1. The highest BCUT2D eigenvalue weighted by atomic mass is 16.6. The maximum Gasteiger partial charge on any atom is 0.341 e. The van der Waals surface area contributed by atoms with Gasteiger partial charge in [-0.05, 0) is 19.9 Å². The van der Waals surface area contributed by atoms with Gasteiger partial charge < -0.3 is 9.84 Å². The van der Waals surface area contributed by atoms with Crippen molar-refractivity contribution < 1.29 is 19.6 Å². The van der Waals surface area contributed by atoms with Crippen molar-refractivity contribution in [1.82, 2.24) is 4.98 Å². The lowest BCUT2D eigenvalue weighted by Gasteiger charge is -2.11. The third-order valence-corrected chi connectivity index (χ3v) is 2.91. The number of hydrogen-bond donors (Lipinski definition) is 1. The number of carboxylic acid groups (broad SMARTS) is 1. The van der Waals surface area contributed by atoms with Gasteiger partial charge in [0, 0.05) is 24.0 Å². The van der Waals surface area contributed by atoms with Gasteiger partial charge in [0.25, 0.3) is 5.69 Å². The summed E-state index contributed by atoms with van der Waals surface area (Å²) in [5.74, 6) is -0.850. The van der Waals surface area contributed by atoms with E-state index in [2.05, 4.69) is 4.98 Å². The van der Waals surface area contributed by atoms with Crippen LogP contribution in [-0.4, -0.2) is 21.0 Å². The van der Waals surface area contributed by atoms with E-state index in [1.54, 1.807) is 19.9 Å². The monoisotopic (exact) mass is 288 g/mol. The zero-order chi connectivity index (χ0) is 15.6. The number of nitro benzene ring substituents is 1. The Morgan fingerprint density at radius 2 is 2.05 bits per heavy atom. The molecule has 0 aliphatic rings. The van der Waals surface area contributed by atoms with E-state index in [1.165, 1.54) is 24.4 Å². The molecular weight excluding hydrogens is 276 g/mol. The van der Waals surface area contributed by atoms with E-state index in [9.17, 15) is 14.9 Å². The highest BCUT2D eigenvalue weighted by Crippen LogP contribution is 2.32. The highest BCUT2D eigenvalue weighted by molar-refractivity contribution is 5.90. The quantitative estimate of drug-likeness (QED) is 0.685. The normalized spacial score (nSPS) is 10.2. The lowest BCUT2D eigenvalue weighted by molar-refractivity contribution is -0.385. The van der Waals surface area contributed by atoms with Crippen molar-refractivity contribution in [3.8, 4) is 11.5 Å². The number of pyridine rings is 1. The van der Waals surface area contributed by atoms with Crippen LogP contribution in [-0.2, 0) is 0 Å². The number of nitro groups is 1. The molecule has 0 amide bonds. The molecule has 21 heavy (non-hydrogen) atoms. The lowest BCUT2D eigenvalue weighted by atomic mass is 10.2. The lowest BCUT2D eigenvalue weighted by Crippen LogP contribution is -2.03. The standard InChI is InChI=1S/C14H12N2O5/c1-8-6-13(10(7-15-8)14(17)18)21-12-5-3-4-11(9(12)2)16(19)20/h3-7H,1-2H3,(H,17,18). The van der Waals surface area contributed by atoms with Crippen LogP contribution in [0.1, 0.15) is 21.6 Å². The number of carboxylic acids is 1. The summed E-state index contributed by atoms with van der Waals surface area (Å²) in [4.78, 5) is 25.4. The first kappa shape index (κ1) is 14.4. The second kappa shape index (κ2) is 5.58. The molecule has 0 aliphatic carbocycles. The van der Waals surface area contributed by atoms with E-state index in [4.69, 9.17) is 9.84 Å². The van der Waals surface area contributed by atoms with Crippen LogP contribution >= 0.6 is 0 Å². The van der Waals surface area contributed by atoms with Gasteiger partial charge in [0.1, 0.15) is 17.1 Å². The third-order valence-electron chi connectivity index (χ3n) is 2.91. The van der Waals surface area contributed by atoms with Crippen LogP contribution in [0.2, 0.25) is 0 Å². The second-order valence-corrected chi connectivity index (χ2v) is 4.39. The van der Waals surface area contributed by atoms with E-state index in [-0.39, 0.29) is 22.7 Å². The molecule has 0 radical (unpaired) electrons. The summed E-state index contributed by atoms with van der Waals surface area (Å²) in [6.07, 6.45) is 1.19. The Hall–Kier alpha value is -2.96. The molecule has 0 atom stereocenters. The van der Waals surface area contributed by atoms with Crippen molar-refractivity contribution in [3.05, 3.63) is 57.4 Å². The molecule has 0 fully saturated rings. The molecule has 1 heterocycles. The fourth-order valence-corrected chi connectivity index (χ4v) is 1.81. The molecule has 0 saturated carbocycles. The summed E-state index contributed by atoms with van der Waals surface area (Å²) in [5, 5.41) is 20.0. The smallest absolute Gasteiger partial charge is 0.341 e. The van der Waals surface area contributed by atoms with E-state index in [0.29, 0.717) is 11.3 Å². The fraction of sp³-hybridized carbons (Fsp3) is 0.143. The van der Waals surface area contributed by atoms with Crippen molar-refractivity contribution in [2.45, 2.75) is 13.8 Å². The highest BCUT2D eigenvalue weighted by Gasteiger charge is 2.18. The molecule has 7 nitrogen and oxygen atoms in total. The Balaban J connectivity index is 2.48. The number of aryl methyl sites for hydroxylation is 1. The molecule has 0 spiro atoms. The van der Waals surface area contributed by atoms with Crippen LogP contribution < -0.4 is 4.74 Å². The topological polar surface area (TPSA) is 103 Å². The largest absolute Gasteiger partial charge is 0.477 e. The summed E-state index contributed by atoms with van der Waals surface area (Å²) in [6, 6.07) is 5.86. The molecule has 1 aromatic carbocycles. The summed E-state index contributed by atoms with van der Waals surface area (Å²) >= 11 is 0. The minimum atomic E-state index is -1.18. The number of nitrogens with zero attached hydrogens (tertiary/aromatic N) is 2. The first-order valence-corrected chi connectivity index (χ1v) is 6.02. The van der Waals surface area contributed by atoms with Crippen molar-refractivity contribution >= 4 is 11.7 Å². The van der Waals surface area contributed by atoms with Gasteiger partial charge in [0.05, 0.1) is 10.5 Å². The summed E-state index contributed by atoms with van der Waals surface area (Å²) in [7, 11) is 0. The SMILES string of the molecule is Cc1cc(Oc2cccc([N+](=O)[O-])c2C)c(C(=O)O)cn1. The molecule has 108 valence electrons. The molecule has 2 rings (SSSR count). The van der Waals surface area contributed by atoms with E-state index in [0.717, 1.165) is 0 Å². The molecule has 0 saturated heterocycles. The molecule has 1 N–H and O–H groups in total. The van der Waals surface area contributed by atoms with Crippen LogP contribution in [0.4, 0.5) is 5.69 Å². The van der Waals surface area contributed by atoms with Gasteiger partial charge in [0.2, 0.25) is 0 Å². The number of ether oxygens (including phenoxy) is 1. The Kier molecular flexibility index (Phi) is 3.84. The fourth-order valence-electron chi connectivity index (χ4n) is 1.81. The maximum atomic E-state index is 11.2. The van der Waals surface area contributed by atoms with Gasteiger partial charge >= 0.3 is 5.97 Å². The van der Waals surface area contributed by atoms with Crippen LogP contribution in [0, 0.1) is 24.0 Å². The van der Waals surface area contributed by atoms with Crippen LogP contribution in [0.15, 0.2) is 30.5 Å². The molecule has 0 aliphatic heterocycles. The van der Waals surface area contributed by atoms with Crippen molar-refractivity contribution in [2.24, 2.45) is 0 Å². The van der Waals surface area contributed by atoms with E-state index < -0.39 is 10.9 Å². The average molecular weight is 288 g/mol. The van der Waals surface area contributed by atoms with Gasteiger partial charge in [0.15, 0.2) is 0 Å². The minimum absolute atomic E-state index is 0.0878. The van der Waals surface area contributed by atoms with Crippen molar-refractivity contribution in [1.29, 1.82) is 0 Å². The van der Waals surface area contributed by atoms with Crippen LogP contribution in [0.3, 0.4) is 0 Å². The first-order valence-electron chi connectivity index (χ1n) is 6.02. The average Bonchev–Trinajstić information content (AvgIpc) is 2.40. The molecular formula is C14H12N2O5. The van der Waals surface area contributed by atoms with Crippen molar-refractivity contribution in [3.63, 3.8) is 0 Å². The predicted molar refractivity (Wildman–Crippen MR) is 73.8 cm³/mol. The molecule has 0 bridgehead atoms. The van der Waals surface area contributed by atoms with Crippen LogP contribution in [0.25, 0.3) is 0 Å². The zero-order valence-electron chi connectivity index (χ0n) is 11.4. The summed E-state index contributed by atoms with van der Waals surface area (Å²) in [5.41, 5.74) is 0.716. The molecule has 0 unspecified atom stereocenters. The van der Waals surface area contributed by atoms with Gasteiger partial charge in [-0.25, -0.2) is 4.79 Å². The number of hydrogen-bond acceptors (Lipinski definition) is 5. The number of carbonyl (C=O) groups is 1. The minimum Gasteiger partial charge on any atom is -0.477 e. The van der Waals surface area contributed by atoms with Crippen molar-refractivity contribution in [2.75, 3.05) is 0 Å². The third kappa shape index (κ3) is 2.97. The van der Waals surface area contributed by atoms with Gasteiger partial charge in [-0.3, -0.25) is 15.1 Å². The molecule has 1 aromatic heterocycles. The Morgan fingerprint density at radius 1 is 1.33 bits per heavy atom. The van der Waals surface area contributed by atoms with Crippen LogP contribution in [0.5, 0.6) is 11.5 Å². The van der Waals surface area contributed by atoms with Gasteiger partial charge in [-0.15, -0.1) is 0 Å². The number of benzene rings is 1. The summed E-state index contributed by atoms with van der Waals surface area (Å²) in [6.45, 7) is 3.24. The second-order valence-electron chi connectivity index (χ2n) is 4.39. The van der Waals surface area contributed by atoms with E-state index in [1.807, 2.05) is 0 Å². The maximum absolute atomic E-state index is 11.2. The Labute approximate surface area is 120 Å². The first-order chi connectivity index (χ1) is 9.90. The van der Waals surface area contributed by atoms with E-state index >= 15 is 0 Å². The molecule has 2 aromatic rings. The predicted octanol–water partition coefficient (Wildman–Crippen LogP) is 3.10. The zero-order valence-corrected chi connectivity index (χ0v) is 11.4. The summed E-state index contributed by atoms with van der Waals surface area (Å²) < 4.78 is 5.55. The van der Waals surface area contributed by atoms with Gasteiger partial charge in [-0.1, -0.05) is 6.07 Å². The number of aromatic nitrogens is 1. The van der Waals surface area contributed by atoms with Gasteiger partial charge in [-0.2, -0.15) is 0 Å².